The fourth-order valence-electron chi connectivity index (χ4n) is 6.73. The van der Waals surface area contributed by atoms with E-state index in [9.17, 15) is 18.4 Å². The predicted molar refractivity (Wildman–Crippen MR) is 142 cm³/mol. The lowest BCUT2D eigenvalue weighted by molar-refractivity contribution is -0.145. The number of benzene rings is 2. The summed E-state index contributed by atoms with van der Waals surface area (Å²) in [6.45, 7) is 2.86. The van der Waals surface area contributed by atoms with Gasteiger partial charge < -0.3 is 14.5 Å². The molecule has 2 amide bonds. The van der Waals surface area contributed by atoms with E-state index >= 15 is 0 Å². The molecule has 0 spiro atoms. The number of ether oxygens (including phenoxy) is 1. The maximum Gasteiger partial charge on any atom is 0.233 e. The minimum Gasteiger partial charge on any atom is -0.493 e. The van der Waals surface area contributed by atoms with Crippen molar-refractivity contribution in [3.8, 4) is 5.75 Å². The lowest BCUT2D eigenvalue weighted by Crippen LogP contribution is -2.55. The average Bonchev–Trinajstić information content (AvgIpc) is 3.44. The topological polar surface area (TPSA) is 49.9 Å². The van der Waals surface area contributed by atoms with Crippen molar-refractivity contribution in [3.63, 3.8) is 0 Å². The van der Waals surface area contributed by atoms with Gasteiger partial charge in [-0.3, -0.25) is 9.59 Å². The number of rotatable bonds is 7. The molecule has 5 nitrogen and oxygen atoms in total. The minimum atomic E-state index is -0.722. The van der Waals surface area contributed by atoms with Gasteiger partial charge >= 0.3 is 0 Å². The first-order valence-corrected chi connectivity index (χ1v) is 14.1. The molecule has 38 heavy (non-hydrogen) atoms. The number of nitrogens with zero attached hydrogens (tertiary/aromatic N) is 2. The van der Waals surface area contributed by atoms with Gasteiger partial charge in [0, 0.05) is 38.0 Å². The lowest BCUT2D eigenvalue weighted by Gasteiger charge is -2.46. The number of likely N-dealkylation sites (tertiary alicyclic amines) is 2. The van der Waals surface area contributed by atoms with Crippen LogP contribution in [0.1, 0.15) is 69.8 Å². The number of carbonyl (C=O) groups is 2. The van der Waals surface area contributed by atoms with Crippen molar-refractivity contribution in [2.45, 2.75) is 69.6 Å². The summed E-state index contributed by atoms with van der Waals surface area (Å²) in [5.41, 5.74) is -0.513. The molecule has 1 atom stereocenters. The summed E-state index contributed by atoms with van der Waals surface area (Å²) >= 11 is 0. The zero-order valence-electron chi connectivity index (χ0n) is 22.1. The molecule has 1 saturated carbocycles. The SMILES string of the molecule is O=C(CC1(COc2ccc(F)cc2)CCCN(C(=O)C2(c3cccc(F)c3)CCCC2)C1)N1CCCCC1. The summed E-state index contributed by atoms with van der Waals surface area (Å²) in [7, 11) is 0. The summed E-state index contributed by atoms with van der Waals surface area (Å²) < 4.78 is 33.8. The van der Waals surface area contributed by atoms with E-state index in [0.717, 1.165) is 63.6 Å². The Morgan fingerprint density at radius 2 is 1.50 bits per heavy atom. The van der Waals surface area contributed by atoms with Crippen LogP contribution in [0.4, 0.5) is 8.78 Å². The number of carbonyl (C=O) groups excluding carboxylic acids is 2. The highest BCUT2D eigenvalue weighted by atomic mass is 19.1. The molecule has 3 fully saturated rings. The Balaban J connectivity index is 1.39. The van der Waals surface area contributed by atoms with E-state index < -0.39 is 10.8 Å². The molecule has 7 heteroatoms. The van der Waals surface area contributed by atoms with Gasteiger partial charge in [0.1, 0.15) is 17.4 Å². The predicted octanol–water partition coefficient (Wildman–Crippen LogP) is 5.87. The zero-order chi connectivity index (χ0) is 26.6. The lowest BCUT2D eigenvalue weighted by atomic mass is 9.74. The highest BCUT2D eigenvalue weighted by Gasteiger charge is 2.48. The van der Waals surface area contributed by atoms with Gasteiger partial charge in [0.25, 0.3) is 0 Å². The Bertz CT molecular complexity index is 1130. The molecule has 2 heterocycles. The van der Waals surface area contributed by atoms with Gasteiger partial charge in [0.15, 0.2) is 0 Å². The molecule has 0 radical (unpaired) electrons. The van der Waals surface area contributed by atoms with E-state index in [2.05, 4.69) is 0 Å². The second-order valence-electron chi connectivity index (χ2n) is 11.5. The van der Waals surface area contributed by atoms with Crippen molar-refractivity contribution in [2.75, 3.05) is 32.8 Å². The van der Waals surface area contributed by atoms with Crippen LogP contribution in [0.15, 0.2) is 48.5 Å². The van der Waals surface area contributed by atoms with E-state index in [1.807, 2.05) is 15.9 Å². The second-order valence-corrected chi connectivity index (χ2v) is 11.5. The smallest absolute Gasteiger partial charge is 0.233 e. The summed E-state index contributed by atoms with van der Waals surface area (Å²) in [6, 6.07) is 12.4. The van der Waals surface area contributed by atoms with Crippen LogP contribution in [0.3, 0.4) is 0 Å². The average molecular weight is 525 g/mol. The monoisotopic (exact) mass is 524 g/mol. The first-order chi connectivity index (χ1) is 18.4. The molecule has 2 aliphatic heterocycles. The standard InChI is InChI=1S/C31H38F2N2O3/c32-25-10-12-27(13-11-25)38-23-30(21-28(36)34-17-4-1-5-18-34)14-7-19-35(22-30)29(37)31(15-2-3-16-31)24-8-6-9-26(33)20-24/h6,8-13,20H,1-5,7,14-19,21-23H2. The Morgan fingerprint density at radius 3 is 2.21 bits per heavy atom. The van der Waals surface area contributed by atoms with Crippen molar-refractivity contribution in [3.05, 3.63) is 65.7 Å². The van der Waals surface area contributed by atoms with Crippen LogP contribution in [0.5, 0.6) is 5.75 Å². The number of halogens is 2. The Morgan fingerprint density at radius 1 is 0.789 bits per heavy atom. The van der Waals surface area contributed by atoms with Crippen molar-refractivity contribution in [1.29, 1.82) is 0 Å². The molecule has 0 bridgehead atoms. The maximum absolute atomic E-state index is 14.2. The van der Waals surface area contributed by atoms with Gasteiger partial charge in [-0.25, -0.2) is 8.78 Å². The molecule has 1 aliphatic carbocycles. The van der Waals surface area contributed by atoms with Gasteiger partial charge in [-0.1, -0.05) is 25.0 Å². The number of amides is 2. The summed E-state index contributed by atoms with van der Waals surface area (Å²) in [5, 5.41) is 0. The van der Waals surface area contributed by atoms with Crippen molar-refractivity contribution >= 4 is 11.8 Å². The number of piperidine rings is 2. The minimum absolute atomic E-state index is 0.0388. The number of hydrogen-bond donors (Lipinski definition) is 0. The zero-order valence-corrected chi connectivity index (χ0v) is 22.1. The van der Waals surface area contributed by atoms with Crippen molar-refractivity contribution in [1.82, 2.24) is 9.80 Å². The molecule has 2 aromatic carbocycles. The third-order valence-corrected chi connectivity index (χ3v) is 8.79. The van der Waals surface area contributed by atoms with Crippen LogP contribution >= 0.6 is 0 Å². The van der Waals surface area contributed by atoms with Crippen LogP contribution in [-0.2, 0) is 15.0 Å². The molecule has 1 unspecified atom stereocenters. The molecular weight excluding hydrogens is 486 g/mol. The summed E-state index contributed by atoms with van der Waals surface area (Å²) in [5.74, 6) is 0.0429. The third kappa shape index (κ3) is 5.71. The number of hydrogen-bond acceptors (Lipinski definition) is 3. The molecule has 0 aromatic heterocycles. The Kier molecular flexibility index (Phi) is 8.01. The quantitative estimate of drug-likeness (QED) is 0.455. The fraction of sp³-hybridized carbons (Fsp3) is 0.548. The van der Waals surface area contributed by atoms with E-state index in [-0.39, 0.29) is 30.1 Å². The van der Waals surface area contributed by atoms with E-state index in [1.54, 1.807) is 18.2 Å². The van der Waals surface area contributed by atoms with Crippen LogP contribution in [0.2, 0.25) is 0 Å². The molecule has 0 N–H and O–H groups in total. The highest BCUT2D eigenvalue weighted by molar-refractivity contribution is 5.89. The molecule has 2 aromatic rings. The first kappa shape index (κ1) is 26.6. The Hall–Kier alpha value is -2.96. The fourth-order valence-corrected chi connectivity index (χ4v) is 6.73. The van der Waals surface area contributed by atoms with Gasteiger partial charge in [-0.05, 0) is 86.9 Å². The van der Waals surface area contributed by atoms with E-state index in [0.29, 0.717) is 38.1 Å². The normalized spacial score (nSPS) is 23.3. The van der Waals surface area contributed by atoms with E-state index in [4.69, 9.17) is 4.74 Å². The van der Waals surface area contributed by atoms with Crippen molar-refractivity contribution in [2.24, 2.45) is 5.41 Å². The van der Waals surface area contributed by atoms with E-state index in [1.165, 1.54) is 24.3 Å². The highest BCUT2D eigenvalue weighted by Crippen LogP contribution is 2.45. The van der Waals surface area contributed by atoms with Gasteiger partial charge in [-0.15, -0.1) is 0 Å². The molecular formula is C31H38F2N2O3. The molecule has 5 rings (SSSR count). The van der Waals surface area contributed by atoms with Crippen molar-refractivity contribution < 1.29 is 23.1 Å². The van der Waals surface area contributed by atoms with Crippen LogP contribution in [0.25, 0.3) is 0 Å². The summed E-state index contributed by atoms with van der Waals surface area (Å²) in [4.78, 5) is 31.6. The Labute approximate surface area is 224 Å². The van der Waals surface area contributed by atoms with Crippen LogP contribution in [0, 0.1) is 17.0 Å². The second kappa shape index (κ2) is 11.4. The molecule has 3 aliphatic rings. The van der Waals surface area contributed by atoms with Crippen LogP contribution < -0.4 is 4.74 Å². The maximum atomic E-state index is 14.2. The first-order valence-electron chi connectivity index (χ1n) is 14.1. The third-order valence-electron chi connectivity index (χ3n) is 8.79. The largest absolute Gasteiger partial charge is 0.493 e. The summed E-state index contributed by atoms with van der Waals surface area (Å²) in [6.07, 6.45) is 8.31. The molecule has 2 saturated heterocycles. The van der Waals surface area contributed by atoms with Gasteiger partial charge in [0.2, 0.25) is 11.8 Å². The molecule has 204 valence electrons. The van der Waals surface area contributed by atoms with Gasteiger partial charge in [-0.2, -0.15) is 0 Å². The van der Waals surface area contributed by atoms with Crippen LogP contribution in [-0.4, -0.2) is 54.4 Å². The van der Waals surface area contributed by atoms with Gasteiger partial charge in [0.05, 0.1) is 12.0 Å².